The van der Waals surface area contributed by atoms with E-state index in [0.29, 0.717) is 6.54 Å². The predicted molar refractivity (Wildman–Crippen MR) is 61.4 cm³/mol. The molecule has 1 saturated heterocycles. The fourth-order valence-corrected chi connectivity index (χ4v) is 3.10. The Morgan fingerprint density at radius 1 is 1.47 bits per heavy atom. The Morgan fingerprint density at radius 3 is 2.80 bits per heavy atom. The highest BCUT2D eigenvalue weighted by atomic mass is 32.2. The lowest BCUT2D eigenvalue weighted by molar-refractivity contribution is 0.242. The molecule has 1 heterocycles. The largest absolute Gasteiger partial charge is 0.319 e. The molecular formula is C9H21N3O2S. The SMILES string of the molecule is CNCCS(=O)(=O)NC1CCCN(C)C1. The minimum atomic E-state index is -3.11. The Hall–Kier alpha value is -0.170. The Balaban J connectivity index is 2.39. The molecule has 1 atom stereocenters. The van der Waals surface area contributed by atoms with Crippen molar-refractivity contribution in [2.75, 3.05) is 39.5 Å². The number of likely N-dealkylation sites (N-methyl/N-ethyl adjacent to an activating group) is 1. The molecule has 0 aromatic heterocycles. The lowest BCUT2D eigenvalue weighted by Gasteiger charge is -2.29. The van der Waals surface area contributed by atoms with Crippen molar-refractivity contribution < 1.29 is 8.42 Å². The summed E-state index contributed by atoms with van der Waals surface area (Å²) in [5, 5.41) is 2.84. The Labute approximate surface area is 92.3 Å². The van der Waals surface area contributed by atoms with Crippen molar-refractivity contribution in [3.8, 4) is 0 Å². The van der Waals surface area contributed by atoms with Crippen molar-refractivity contribution in [1.29, 1.82) is 0 Å². The molecule has 1 aliphatic heterocycles. The van der Waals surface area contributed by atoms with Crippen LogP contribution in [0.25, 0.3) is 0 Å². The average Bonchev–Trinajstić information content (AvgIpc) is 2.14. The molecule has 90 valence electrons. The Kier molecular flexibility index (Phi) is 4.98. The first kappa shape index (κ1) is 12.9. The third-order valence-corrected chi connectivity index (χ3v) is 4.03. The third kappa shape index (κ3) is 4.92. The highest BCUT2D eigenvalue weighted by Gasteiger charge is 2.21. The summed E-state index contributed by atoms with van der Waals surface area (Å²) in [6.07, 6.45) is 2.01. The van der Waals surface area contributed by atoms with Gasteiger partial charge in [0.05, 0.1) is 5.75 Å². The van der Waals surface area contributed by atoms with E-state index in [0.717, 1.165) is 25.9 Å². The lowest BCUT2D eigenvalue weighted by atomic mass is 10.1. The second kappa shape index (κ2) is 5.79. The molecule has 5 nitrogen and oxygen atoms in total. The van der Waals surface area contributed by atoms with Gasteiger partial charge in [0.15, 0.2) is 0 Å². The van der Waals surface area contributed by atoms with E-state index in [1.165, 1.54) is 0 Å². The Bertz CT molecular complexity index is 279. The van der Waals surface area contributed by atoms with Crippen molar-refractivity contribution in [1.82, 2.24) is 14.9 Å². The molecule has 0 saturated carbocycles. The smallest absolute Gasteiger partial charge is 0.213 e. The summed E-state index contributed by atoms with van der Waals surface area (Å²) >= 11 is 0. The van der Waals surface area contributed by atoms with Gasteiger partial charge in [0.25, 0.3) is 0 Å². The van der Waals surface area contributed by atoms with E-state index in [4.69, 9.17) is 0 Å². The molecule has 0 aromatic rings. The molecule has 0 aromatic carbocycles. The van der Waals surface area contributed by atoms with Crippen LogP contribution in [0.3, 0.4) is 0 Å². The van der Waals surface area contributed by atoms with Crippen molar-refractivity contribution >= 4 is 10.0 Å². The van der Waals surface area contributed by atoms with Gasteiger partial charge in [-0.1, -0.05) is 0 Å². The van der Waals surface area contributed by atoms with Gasteiger partial charge < -0.3 is 10.2 Å². The van der Waals surface area contributed by atoms with E-state index in [1.807, 2.05) is 7.05 Å². The first-order valence-electron chi connectivity index (χ1n) is 5.36. The van der Waals surface area contributed by atoms with Gasteiger partial charge >= 0.3 is 0 Å². The van der Waals surface area contributed by atoms with Gasteiger partial charge in [-0.25, -0.2) is 13.1 Å². The molecule has 0 radical (unpaired) electrons. The number of rotatable bonds is 5. The van der Waals surface area contributed by atoms with Crippen LogP contribution in [0.4, 0.5) is 0 Å². The van der Waals surface area contributed by atoms with E-state index < -0.39 is 10.0 Å². The molecular weight excluding hydrogens is 214 g/mol. The van der Waals surface area contributed by atoms with Gasteiger partial charge in [0.2, 0.25) is 10.0 Å². The van der Waals surface area contributed by atoms with Crippen molar-refractivity contribution in [2.24, 2.45) is 0 Å². The van der Waals surface area contributed by atoms with Gasteiger partial charge in [-0.05, 0) is 33.5 Å². The van der Waals surface area contributed by atoms with E-state index in [2.05, 4.69) is 14.9 Å². The zero-order chi connectivity index (χ0) is 11.3. The van der Waals surface area contributed by atoms with E-state index in [1.54, 1.807) is 7.05 Å². The van der Waals surface area contributed by atoms with Crippen LogP contribution in [0.15, 0.2) is 0 Å². The number of piperidine rings is 1. The van der Waals surface area contributed by atoms with Crippen LogP contribution in [-0.2, 0) is 10.0 Å². The fourth-order valence-electron chi connectivity index (χ4n) is 1.81. The van der Waals surface area contributed by atoms with Crippen LogP contribution in [0.2, 0.25) is 0 Å². The second-order valence-electron chi connectivity index (χ2n) is 4.14. The standard InChI is InChI=1S/C9H21N3O2S/c1-10-5-7-15(13,14)11-9-4-3-6-12(2)8-9/h9-11H,3-8H2,1-2H3. The number of nitrogens with zero attached hydrogens (tertiary/aromatic N) is 1. The molecule has 1 unspecified atom stereocenters. The summed E-state index contributed by atoms with van der Waals surface area (Å²) in [5.74, 6) is 0.156. The summed E-state index contributed by atoms with van der Waals surface area (Å²) in [6.45, 7) is 2.38. The lowest BCUT2D eigenvalue weighted by Crippen LogP contribution is -2.47. The first-order chi connectivity index (χ1) is 7.03. The average molecular weight is 235 g/mol. The van der Waals surface area contributed by atoms with Gasteiger partial charge in [-0.3, -0.25) is 0 Å². The Morgan fingerprint density at radius 2 is 2.20 bits per heavy atom. The zero-order valence-corrected chi connectivity index (χ0v) is 10.3. The number of nitrogens with one attached hydrogen (secondary N) is 2. The number of hydrogen-bond donors (Lipinski definition) is 2. The minimum absolute atomic E-state index is 0.0885. The van der Waals surface area contributed by atoms with Crippen LogP contribution in [0.1, 0.15) is 12.8 Å². The highest BCUT2D eigenvalue weighted by Crippen LogP contribution is 2.08. The molecule has 0 bridgehead atoms. The maximum atomic E-state index is 11.6. The number of sulfonamides is 1. The van der Waals surface area contributed by atoms with Crippen molar-refractivity contribution in [3.05, 3.63) is 0 Å². The molecule has 15 heavy (non-hydrogen) atoms. The van der Waals surface area contributed by atoms with Crippen LogP contribution in [0, 0.1) is 0 Å². The summed E-state index contributed by atoms with van der Waals surface area (Å²) < 4.78 is 25.9. The van der Waals surface area contributed by atoms with Crippen LogP contribution in [-0.4, -0.2) is 58.8 Å². The van der Waals surface area contributed by atoms with Crippen LogP contribution >= 0.6 is 0 Å². The molecule has 6 heteroatoms. The molecule has 1 rings (SSSR count). The predicted octanol–water partition coefficient (Wildman–Crippen LogP) is -0.781. The first-order valence-corrected chi connectivity index (χ1v) is 7.02. The minimum Gasteiger partial charge on any atom is -0.319 e. The van der Waals surface area contributed by atoms with Crippen LogP contribution in [0.5, 0.6) is 0 Å². The summed E-state index contributed by atoms with van der Waals surface area (Å²) in [6, 6.07) is 0.0885. The van der Waals surface area contributed by atoms with Crippen molar-refractivity contribution in [3.63, 3.8) is 0 Å². The van der Waals surface area contributed by atoms with E-state index in [-0.39, 0.29) is 11.8 Å². The van der Waals surface area contributed by atoms with Gasteiger partial charge in [-0.2, -0.15) is 0 Å². The number of hydrogen-bond acceptors (Lipinski definition) is 4. The third-order valence-electron chi connectivity index (χ3n) is 2.59. The highest BCUT2D eigenvalue weighted by molar-refractivity contribution is 7.89. The van der Waals surface area contributed by atoms with Crippen LogP contribution < -0.4 is 10.0 Å². The van der Waals surface area contributed by atoms with Gasteiger partial charge in [-0.15, -0.1) is 0 Å². The van der Waals surface area contributed by atoms with E-state index >= 15 is 0 Å². The summed E-state index contributed by atoms with van der Waals surface area (Å²) in [4.78, 5) is 2.16. The maximum absolute atomic E-state index is 11.6. The quantitative estimate of drug-likeness (QED) is 0.656. The normalized spacial score (nSPS) is 24.3. The molecule has 1 aliphatic rings. The monoisotopic (exact) mass is 235 g/mol. The maximum Gasteiger partial charge on any atom is 0.213 e. The van der Waals surface area contributed by atoms with Gasteiger partial charge in [0, 0.05) is 19.1 Å². The molecule has 0 aliphatic carbocycles. The van der Waals surface area contributed by atoms with E-state index in [9.17, 15) is 8.42 Å². The fraction of sp³-hybridized carbons (Fsp3) is 1.00. The summed E-state index contributed by atoms with van der Waals surface area (Å²) in [7, 11) is 0.670. The summed E-state index contributed by atoms with van der Waals surface area (Å²) in [5.41, 5.74) is 0. The molecule has 0 spiro atoms. The van der Waals surface area contributed by atoms with Crippen molar-refractivity contribution in [2.45, 2.75) is 18.9 Å². The topological polar surface area (TPSA) is 61.4 Å². The molecule has 2 N–H and O–H groups in total. The zero-order valence-electron chi connectivity index (χ0n) is 9.49. The molecule has 0 amide bonds. The second-order valence-corrected chi connectivity index (χ2v) is 6.02. The molecule has 1 fully saturated rings. The number of likely N-dealkylation sites (tertiary alicyclic amines) is 1. The van der Waals surface area contributed by atoms with Gasteiger partial charge in [0.1, 0.15) is 0 Å².